The number of hydrogen-bond acceptors (Lipinski definition) is 4. The van der Waals surface area contributed by atoms with Gasteiger partial charge in [0.25, 0.3) is 0 Å². The van der Waals surface area contributed by atoms with Gasteiger partial charge in [0, 0.05) is 12.1 Å². The van der Waals surface area contributed by atoms with Crippen LogP contribution >= 0.6 is 17.3 Å². The Kier molecular flexibility index (Phi) is 5.65. The van der Waals surface area contributed by atoms with Crippen molar-refractivity contribution in [3.63, 3.8) is 0 Å². The minimum absolute atomic E-state index is 0.0134. The number of ketones is 1. The maximum absolute atomic E-state index is 12.6. The van der Waals surface area contributed by atoms with Gasteiger partial charge in [-0.05, 0) is 34.3 Å². The molecule has 3 unspecified atom stereocenters. The van der Waals surface area contributed by atoms with E-state index >= 15 is 0 Å². The van der Waals surface area contributed by atoms with Crippen LogP contribution in [0.1, 0.15) is 29.8 Å². The summed E-state index contributed by atoms with van der Waals surface area (Å²) in [5.41, 5.74) is 1.80. The largest absolute Gasteiger partial charge is 0.347 e. The molecule has 0 amide bonds. The van der Waals surface area contributed by atoms with Crippen LogP contribution in [-0.2, 0) is 15.9 Å². The van der Waals surface area contributed by atoms with Crippen molar-refractivity contribution in [1.29, 1.82) is 0 Å². The van der Waals surface area contributed by atoms with Crippen LogP contribution in [0.3, 0.4) is 0 Å². The van der Waals surface area contributed by atoms with Crippen molar-refractivity contribution in [2.24, 2.45) is 0 Å². The van der Waals surface area contributed by atoms with E-state index < -0.39 is 11.9 Å². The van der Waals surface area contributed by atoms with E-state index in [2.05, 4.69) is 14.0 Å². The van der Waals surface area contributed by atoms with Crippen molar-refractivity contribution in [3.8, 4) is 0 Å². The molecule has 0 radical (unpaired) electrons. The highest BCUT2D eigenvalue weighted by Gasteiger charge is 2.37. The van der Waals surface area contributed by atoms with Crippen LogP contribution < -0.4 is 5.09 Å². The van der Waals surface area contributed by atoms with Gasteiger partial charge in [0.2, 0.25) is 0 Å². The highest BCUT2D eigenvalue weighted by atomic mass is 32.0. The lowest BCUT2D eigenvalue weighted by Gasteiger charge is -2.17. The molecule has 1 heterocycles. The topological polar surface area (TPSA) is 47.6 Å². The Balaban J connectivity index is 2.09. The van der Waals surface area contributed by atoms with Gasteiger partial charge in [-0.3, -0.25) is 9.88 Å². The Morgan fingerprint density at radius 3 is 2.90 bits per heavy atom. The highest BCUT2D eigenvalue weighted by molar-refractivity contribution is 8.01. The Bertz CT molecular complexity index is 479. The fourth-order valence-corrected chi connectivity index (χ4v) is 2.94. The quantitative estimate of drug-likeness (QED) is 0.498. The summed E-state index contributed by atoms with van der Waals surface area (Å²) in [5, 5.41) is 3.27. The molecule has 1 N–H and O–H groups in total. The molecule has 6 heteroatoms. The lowest BCUT2D eigenvalue weighted by atomic mass is 9.98. The first-order valence-corrected chi connectivity index (χ1v) is 9.47. The van der Waals surface area contributed by atoms with Crippen LogP contribution in [0.4, 0.5) is 0 Å². The highest BCUT2D eigenvalue weighted by Crippen LogP contribution is 2.25. The first-order valence-electron chi connectivity index (χ1n) is 6.66. The van der Waals surface area contributed by atoms with Crippen molar-refractivity contribution in [2.45, 2.75) is 32.2 Å². The molecular weight excluding hydrogens is 292 g/mol. The fraction of sp³-hybridized carbons (Fsp3) is 0.500. The van der Waals surface area contributed by atoms with Gasteiger partial charge < -0.3 is 9.47 Å². The minimum atomic E-state index is -0.669. The maximum Gasteiger partial charge on any atom is 0.194 e. The molecule has 3 atom stereocenters. The predicted octanol–water partition coefficient (Wildman–Crippen LogP) is 2.54. The molecule has 1 aromatic carbocycles. The SMILES string of the molecule is CC1(C)OCC(C(=O)c2ccccc2CCNPP)O1. The summed E-state index contributed by atoms with van der Waals surface area (Å²) in [7, 11) is 3.29. The molecule has 1 aromatic rings. The van der Waals surface area contributed by atoms with Crippen LogP contribution in [0.5, 0.6) is 0 Å². The first kappa shape index (κ1) is 16.0. The summed E-state index contributed by atoms with van der Waals surface area (Å²) in [6.45, 7) is 4.84. The van der Waals surface area contributed by atoms with Crippen molar-refractivity contribution >= 4 is 23.1 Å². The second-order valence-electron chi connectivity index (χ2n) is 5.16. The van der Waals surface area contributed by atoms with Gasteiger partial charge in [0.05, 0.1) is 6.61 Å². The monoisotopic (exact) mass is 313 g/mol. The standard InChI is InChI=1S/C14H21NO3P2/c1-14(2)17-9-12(18-14)13(16)11-6-4-3-5-10(11)7-8-15-20-19/h3-6,12,15,20H,7-9,19H2,1-2H3. The molecule has 2 rings (SSSR count). The fourth-order valence-electron chi connectivity index (χ4n) is 2.24. The van der Waals surface area contributed by atoms with Crippen LogP contribution in [-0.4, -0.2) is 30.8 Å². The number of Topliss-reactive ketones (excluding diaryl/α,β-unsaturated/α-hetero) is 1. The number of carbonyl (C=O) groups is 1. The Hall–Kier alpha value is -0.370. The van der Waals surface area contributed by atoms with Gasteiger partial charge in [-0.15, -0.1) is 0 Å². The van der Waals surface area contributed by atoms with E-state index in [4.69, 9.17) is 9.47 Å². The third-order valence-electron chi connectivity index (χ3n) is 3.21. The summed E-state index contributed by atoms with van der Waals surface area (Å²) in [6, 6.07) is 7.73. The number of carbonyl (C=O) groups excluding carboxylic acids is 1. The van der Waals surface area contributed by atoms with Crippen molar-refractivity contribution in [3.05, 3.63) is 35.4 Å². The molecule has 0 bridgehead atoms. The van der Waals surface area contributed by atoms with E-state index in [1.165, 1.54) is 0 Å². The zero-order valence-corrected chi connectivity index (χ0v) is 14.0. The summed E-state index contributed by atoms with van der Waals surface area (Å²) in [5.74, 6) is -0.656. The lowest BCUT2D eigenvalue weighted by Crippen LogP contribution is -2.27. The Morgan fingerprint density at radius 1 is 1.50 bits per heavy atom. The number of hydrogen-bond donors (Lipinski definition) is 1. The van der Waals surface area contributed by atoms with Crippen molar-refractivity contribution in [2.75, 3.05) is 13.2 Å². The normalized spacial score (nSPS) is 21.6. The zero-order valence-electron chi connectivity index (χ0n) is 11.8. The zero-order chi connectivity index (χ0) is 14.6. The smallest absolute Gasteiger partial charge is 0.194 e. The first-order chi connectivity index (χ1) is 9.53. The van der Waals surface area contributed by atoms with Crippen molar-refractivity contribution in [1.82, 2.24) is 5.09 Å². The molecule has 1 aliphatic heterocycles. The molecule has 4 nitrogen and oxygen atoms in total. The second kappa shape index (κ2) is 7.06. The van der Waals surface area contributed by atoms with Crippen LogP contribution in [0, 0.1) is 0 Å². The number of nitrogens with one attached hydrogen (secondary N) is 1. The molecule has 20 heavy (non-hydrogen) atoms. The molecule has 1 saturated heterocycles. The second-order valence-corrected chi connectivity index (χ2v) is 6.67. The molecule has 0 saturated carbocycles. The molecule has 0 aliphatic carbocycles. The van der Waals surface area contributed by atoms with E-state index in [9.17, 15) is 4.79 Å². The molecule has 1 fully saturated rings. The summed E-state index contributed by atoms with van der Waals surface area (Å²) in [6.07, 6.45) is 0.336. The third kappa shape index (κ3) is 4.07. The molecule has 0 aromatic heterocycles. The van der Waals surface area contributed by atoms with Gasteiger partial charge in [0.1, 0.15) is 6.10 Å². The average Bonchev–Trinajstić information content (AvgIpc) is 2.79. The van der Waals surface area contributed by atoms with Gasteiger partial charge in [-0.2, -0.15) is 0 Å². The Morgan fingerprint density at radius 2 is 2.25 bits per heavy atom. The van der Waals surface area contributed by atoms with Gasteiger partial charge in [-0.25, -0.2) is 0 Å². The Labute approximate surface area is 123 Å². The van der Waals surface area contributed by atoms with Gasteiger partial charge >= 0.3 is 0 Å². The summed E-state index contributed by atoms with van der Waals surface area (Å²) in [4.78, 5) is 12.6. The van der Waals surface area contributed by atoms with Crippen LogP contribution in [0.25, 0.3) is 0 Å². The van der Waals surface area contributed by atoms with Gasteiger partial charge in [-0.1, -0.05) is 33.2 Å². The molecule has 0 spiro atoms. The van der Waals surface area contributed by atoms with E-state index in [0.29, 0.717) is 15.0 Å². The average molecular weight is 313 g/mol. The summed E-state index contributed by atoms with van der Waals surface area (Å²) < 4.78 is 11.1. The molecule has 110 valence electrons. The van der Waals surface area contributed by atoms with E-state index in [1.807, 2.05) is 38.1 Å². The lowest BCUT2D eigenvalue weighted by molar-refractivity contribution is -0.133. The van der Waals surface area contributed by atoms with E-state index in [-0.39, 0.29) is 5.78 Å². The summed E-state index contributed by atoms with van der Waals surface area (Å²) >= 11 is 0. The van der Waals surface area contributed by atoms with Crippen LogP contribution in [0.15, 0.2) is 24.3 Å². The maximum atomic E-state index is 12.6. The molecular formula is C14H21NO3P2. The molecule has 1 aliphatic rings. The van der Waals surface area contributed by atoms with E-state index in [1.54, 1.807) is 0 Å². The van der Waals surface area contributed by atoms with Gasteiger partial charge in [0.15, 0.2) is 11.6 Å². The van der Waals surface area contributed by atoms with Crippen LogP contribution in [0.2, 0.25) is 0 Å². The number of ether oxygens (including phenoxy) is 2. The number of benzene rings is 1. The van der Waals surface area contributed by atoms with Crippen molar-refractivity contribution < 1.29 is 14.3 Å². The van der Waals surface area contributed by atoms with E-state index in [0.717, 1.165) is 24.1 Å². The third-order valence-corrected chi connectivity index (χ3v) is 4.27. The number of rotatable bonds is 6. The predicted molar refractivity (Wildman–Crippen MR) is 85.4 cm³/mol. The minimum Gasteiger partial charge on any atom is -0.347 e.